The molecule has 1 fully saturated rings. The summed E-state index contributed by atoms with van der Waals surface area (Å²) in [5.41, 5.74) is 7.20. The van der Waals surface area contributed by atoms with Gasteiger partial charge < -0.3 is 16.2 Å². The third-order valence-electron chi connectivity index (χ3n) is 2.98. The smallest absolute Gasteiger partial charge is 0.115 e. The Balaban J connectivity index is 2.12. The van der Waals surface area contributed by atoms with Crippen LogP contribution in [0.2, 0.25) is 0 Å². The summed E-state index contributed by atoms with van der Waals surface area (Å²) in [5.74, 6) is 0.312. The molecular formula is C12H18N2O. The molecule has 4 N–H and O–H groups in total. The molecule has 3 heteroatoms. The van der Waals surface area contributed by atoms with E-state index < -0.39 is 0 Å². The zero-order valence-electron chi connectivity index (χ0n) is 8.98. The van der Waals surface area contributed by atoms with Gasteiger partial charge in [-0.25, -0.2) is 0 Å². The van der Waals surface area contributed by atoms with Gasteiger partial charge in [-0.3, -0.25) is 0 Å². The molecule has 1 aromatic rings. The summed E-state index contributed by atoms with van der Waals surface area (Å²) >= 11 is 0. The van der Waals surface area contributed by atoms with Gasteiger partial charge in [-0.2, -0.15) is 0 Å². The molecule has 1 aliphatic rings. The number of phenolic OH excluding ortho intramolecular Hbond substituents is 1. The molecule has 0 saturated carbocycles. The van der Waals surface area contributed by atoms with Gasteiger partial charge in [0.05, 0.1) is 0 Å². The van der Waals surface area contributed by atoms with E-state index in [4.69, 9.17) is 5.73 Å². The predicted octanol–water partition coefficient (Wildman–Crippen LogP) is 1.53. The molecule has 2 rings (SSSR count). The lowest BCUT2D eigenvalue weighted by Gasteiger charge is -2.33. The van der Waals surface area contributed by atoms with E-state index in [1.54, 1.807) is 12.1 Å². The molecule has 1 aromatic carbocycles. The van der Waals surface area contributed by atoms with Gasteiger partial charge in [0.25, 0.3) is 0 Å². The fourth-order valence-electron chi connectivity index (χ4n) is 2.27. The third-order valence-corrected chi connectivity index (χ3v) is 2.98. The van der Waals surface area contributed by atoms with Gasteiger partial charge in [0, 0.05) is 18.1 Å². The molecule has 0 spiro atoms. The van der Waals surface area contributed by atoms with Gasteiger partial charge in [0.1, 0.15) is 5.75 Å². The average Bonchev–Trinajstić information content (AvgIpc) is 2.17. The standard InChI is InChI=1S/C12H18N2O/c1-8-6-10(13)7-12(14-8)9-2-4-11(15)5-3-9/h2-5,8,10,12,14-15H,6-7,13H2,1H3/t8-,10-,12-/m0/s1. The summed E-state index contributed by atoms with van der Waals surface area (Å²) in [6.45, 7) is 2.16. The number of hydrogen-bond acceptors (Lipinski definition) is 3. The van der Waals surface area contributed by atoms with Crippen LogP contribution in [0, 0.1) is 0 Å². The van der Waals surface area contributed by atoms with Crippen molar-refractivity contribution in [3.8, 4) is 5.75 Å². The molecule has 3 atom stereocenters. The molecule has 0 aromatic heterocycles. The summed E-state index contributed by atoms with van der Waals surface area (Å²) in [6, 6.07) is 8.43. The van der Waals surface area contributed by atoms with Gasteiger partial charge >= 0.3 is 0 Å². The van der Waals surface area contributed by atoms with E-state index in [-0.39, 0.29) is 6.04 Å². The Bertz CT molecular complexity index is 313. The Morgan fingerprint density at radius 2 is 1.93 bits per heavy atom. The van der Waals surface area contributed by atoms with E-state index in [1.807, 2.05) is 12.1 Å². The largest absolute Gasteiger partial charge is 0.508 e. The lowest BCUT2D eigenvalue weighted by Crippen LogP contribution is -2.44. The van der Waals surface area contributed by atoms with Crippen LogP contribution in [0.15, 0.2) is 24.3 Å². The average molecular weight is 206 g/mol. The summed E-state index contributed by atoms with van der Waals surface area (Å²) in [7, 11) is 0. The minimum Gasteiger partial charge on any atom is -0.508 e. The summed E-state index contributed by atoms with van der Waals surface area (Å²) in [6.07, 6.45) is 2.00. The SMILES string of the molecule is C[C@H]1C[C@H](N)C[C@@H](c2ccc(O)cc2)N1. The predicted molar refractivity (Wildman–Crippen MR) is 60.7 cm³/mol. The highest BCUT2D eigenvalue weighted by Crippen LogP contribution is 2.25. The highest BCUT2D eigenvalue weighted by Gasteiger charge is 2.24. The molecule has 0 bridgehead atoms. The van der Waals surface area contributed by atoms with Crippen LogP contribution in [0.25, 0.3) is 0 Å². The van der Waals surface area contributed by atoms with Gasteiger partial charge in [0.15, 0.2) is 0 Å². The molecule has 0 aliphatic carbocycles. The quantitative estimate of drug-likeness (QED) is 0.653. The van der Waals surface area contributed by atoms with Crippen LogP contribution in [0.5, 0.6) is 5.75 Å². The Kier molecular flexibility index (Phi) is 2.93. The molecule has 1 aliphatic heterocycles. The molecular weight excluding hydrogens is 188 g/mol. The minimum absolute atomic E-state index is 0.278. The van der Waals surface area contributed by atoms with Gasteiger partial charge in [-0.15, -0.1) is 0 Å². The molecule has 0 unspecified atom stereocenters. The summed E-state index contributed by atoms with van der Waals surface area (Å²) < 4.78 is 0. The van der Waals surface area contributed by atoms with Crippen LogP contribution in [-0.2, 0) is 0 Å². The monoisotopic (exact) mass is 206 g/mol. The van der Waals surface area contributed by atoms with Crippen LogP contribution in [0.3, 0.4) is 0 Å². The maximum Gasteiger partial charge on any atom is 0.115 e. The Morgan fingerprint density at radius 3 is 2.53 bits per heavy atom. The molecule has 1 heterocycles. The number of nitrogens with two attached hydrogens (primary N) is 1. The summed E-state index contributed by atoms with van der Waals surface area (Å²) in [4.78, 5) is 0. The van der Waals surface area contributed by atoms with E-state index in [9.17, 15) is 5.11 Å². The van der Waals surface area contributed by atoms with E-state index in [0.717, 1.165) is 12.8 Å². The van der Waals surface area contributed by atoms with Crippen molar-refractivity contribution in [2.24, 2.45) is 5.73 Å². The second kappa shape index (κ2) is 4.21. The van der Waals surface area contributed by atoms with Crippen molar-refractivity contribution in [2.45, 2.75) is 37.9 Å². The number of piperidine rings is 1. The molecule has 0 amide bonds. The molecule has 15 heavy (non-hydrogen) atoms. The van der Waals surface area contributed by atoms with E-state index in [0.29, 0.717) is 17.8 Å². The van der Waals surface area contributed by atoms with Crippen LogP contribution >= 0.6 is 0 Å². The maximum atomic E-state index is 9.21. The first-order valence-corrected chi connectivity index (χ1v) is 5.45. The molecule has 3 nitrogen and oxygen atoms in total. The zero-order chi connectivity index (χ0) is 10.8. The summed E-state index contributed by atoms with van der Waals surface area (Å²) in [5, 5.41) is 12.7. The maximum absolute atomic E-state index is 9.21. The molecule has 0 radical (unpaired) electrons. The van der Waals surface area contributed by atoms with Crippen LogP contribution < -0.4 is 11.1 Å². The van der Waals surface area contributed by atoms with Crippen molar-refractivity contribution in [3.05, 3.63) is 29.8 Å². The second-order valence-electron chi connectivity index (χ2n) is 4.44. The lowest BCUT2D eigenvalue weighted by molar-refractivity contribution is 0.307. The van der Waals surface area contributed by atoms with Crippen molar-refractivity contribution < 1.29 is 5.11 Å². The molecule has 82 valence electrons. The minimum atomic E-state index is 0.278. The number of nitrogens with one attached hydrogen (secondary N) is 1. The topological polar surface area (TPSA) is 58.3 Å². The van der Waals surface area contributed by atoms with E-state index in [2.05, 4.69) is 12.2 Å². The number of aromatic hydroxyl groups is 1. The first kappa shape index (κ1) is 10.5. The fraction of sp³-hybridized carbons (Fsp3) is 0.500. The fourth-order valence-corrected chi connectivity index (χ4v) is 2.27. The zero-order valence-corrected chi connectivity index (χ0v) is 8.98. The van der Waals surface area contributed by atoms with Crippen LogP contribution in [0.4, 0.5) is 0 Å². The van der Waals surface area contributed by atoms with Crippen LogP contribution in [0.1, 0.15) is 31.4 Å². The molecule has 1 saturated heterocycles. The Morgan fingerprint density at radius 1 is 1.27 bits per heavy atom. The highest BCUT2D eigenvalue weighted by atomic mass is 16.3. The van der Waals surface area contributed by atoms with Gasteiger partial charge in [-0.05, 0) is 37.5 Å². The van der Waals surface area contributed by atoms with Crippen molar-refractivity contribution in [2.75, 3.05) is 0 Å². The lowest BCUT2D eigenvalue weighted by atomic mass is 9.91. The number of phenols is 1. The number of benzene rings is 1. The third kappa shape index (κ3) is 2.49. The van der Waals surface area contributed by atoms with E-state index in [1.165, 1.54) is 5.56 Å². The van der Waals surface area contributed by atoms with Crippen molar-refractivity contribution in [3.63, 3.8) is 0 Å². The number of rotatable bonds is 1. The Labute approximate surface area is 90.3 Å². The van der Waals surface area contributed by atoms with Crippen molar-refractivity contribution >= 4 is 0 Å². The highest BCUT2D eigenvalue weighted by molar-refractivity contribution is 5.28. The van der Waals surface area contributed by atoms with Gasteiger partial charge in [-0.1, -0.05) is 12.1 Å². The Hall–Kier alpha value is -1.06. The first-order valence-electron chi connectivity index (χ1n) is 5.45. The van der Waals surface area contributed by atoms with Gasteiger partial charge in [0.2, 0.25) is 0 Å². The van der Waals surface area contributed by atoms with Crippen molar-refractivity contribution in [1.29, 1.82) is 0 Å². The number of hydrogen-bond donors (Lipinski definition) is 3. The van der Waals surface area contributed by atoms with Crippen molar-refractivity contribution in [1.82, 2.24) is 5.32 Å². The van der Waals surface area contributed by atoms with E-state index >= 15 is 0 Å². The normalized spacial score (nSPS) is 31.5. The first-order chi connectivity index (χ1) is 7.15. The van der Waals surface area contributed by atoms with Crippen LogP contribution in [-0.4, -0.2) is 17.2 Å². The second-order valence-corrected chi connectivity index (χ2v) is 4.44.